The van der Waals surface area contributed by atoms with Gasteiger partial charge in [-0.25, -0.2) is 0 Å². The van der Waals surface area contributed by atoms with E-state index in [1.165, 1.54) is 11.3 Å². The fourth-order valence-corrected chi connectivity index (χ4v) is 1.04. The second-order valence-electron chi connectivity index (χ2n) is 4.84. The molecule has 0 aromatic heterocycles. The maximum Gasteiger partial charge on any atom is 0.0155 e. The predicted octanol–water partition coefficient (Wildman–Crippen LogP) is 3.79. The Morgan fingerprint density at radius 1 is 1.08 bits per heavy atom. The largest absolute Gasteiger partial charge is 0.352 e. The summed E-state index contributed by atoms with van der Waals surface area (Å²) in [6.45, 7) is 17.1. The Labute approximate surface area is 83.1 Å². The number of nitrogens with zero attached hydrogens (tertiary/aromatic N) is 1. The highest BCUT2D eigenvalue weighted by Gasteiger charge is 2.19. The Balaban J connectivity index is 4.74. The lowest BCUT2D eigenvalue weighted by Crippen LogP contribution is -2.25. The summed E-state index contributed by atoms with van der Waals surface area (Å²) in [6, 6.07) is 0. The first-order chi connectivity index (χ1) is 5.68. The molecule has 0 N–H and O–H groups in total. The van der Waals surface area contributed by atoms with E-state index in [0.717, 1.165) is 5.70 Å². The van der Waals surface area contributed by atoms with Gasteiger partial charge in [0.05, 0.1) is 0 Å². The molecule has 0 aromatic rings. The first-order valence-corrected chi connectivity index (χ1v) is 4.75. The van der Waals surface area contributed by atoms with Crippen molar-refractivity contribution >= 4 is 0 Å². The molecule has 0 aliphatic carbocycles. The average molecular weight is 181 g/mol. The van der Waals surface area contributed by atoms with Crippen LogP contribution in [-0.2, 0) is 0 Å². The van der Waals surface area contributed by atoms with Crippen LogP contribution in [0.1, 0.15) is 41.5 Å². The smallest absolute Gasteiger partial charge is 0.0155 e. The van der Waals surface area contributed by atoms with Gasteiger partial charge in [-0.1, -0.05) is 32.9 Å². The lowest BCUT2D eigenvalue weighted by Gasteiger charge is -2.32. The summed E-state index contributed by atoms with van der Waals surface area (Å²) in [5, 5.41) is 0. The van der Waals surface area contributed by atoms with Crippen LogP contribution in [0.3, 0.4) is 0 Å². The molecule has 76 valence electrons. The molecule has 0 rings (SSSR count). The molecule has 0 heterocycles. The van der Waals surface area contributed by atoms with Gasteiger partial charge < -0.3 is 4.90 Å². The van der Waals surface area contributed by atoms with Crippen molar-refractivity contribution in [2.24, 2.45) is 5.41 Å². The molecule has 0 fully saturated rings. The van der Waals surface area contributed by atoms with Crippen molar-refractivity contribution in [3.63, 3.8) is 0 Å². The number of hydrogen-bond donors (Lipinski definition) is 0. The molecule has 0 saturated carbocycles. The van der Waals surface area contributed by atoms with Crippen molar-refractivity contribution in [2.45, 2.75) is 41.5 Å². The molecular formula is C12H23N. The zero-order valence-corrected chi connectivity index (χ0v) is 10.2. The van der Waals surface area contributed by atoms with E-state index in [1.807, 2.05) is 0 Å². The summed E-state index contributed by atoms with van der Waals surface area (Å²) < 4.78 is 0. The molecular weight excluding hydrogens is 158 g/mol. The van der Waals surface area contributed by atoms with E-state index < -0.39 is 0 Å². The molecule has 0 radical (unpaired) electrons. The fraction of sp³-hybridized carbons (Fsp3) is 0.667. The van der Waals surface area contributed by atoms with E-state index in [2.05, 4.69) is 60.1 Å². The molecule has 1 nitrogen and oxygen atoms in total. The maximum atomic E-state index is 4.12. The van der Waals surface area contributed by atoms with Crippen LogP contribution in [0.4, 0.5) is 0 Å². The van der Waals surface area contributed by atoms with Gasteiger partial charge >= 0.3 is 0 Å². The third-order valence-corrected chi connectivity index (χ3v) is 2.50. The zero-order chi connectivity index (χ0) is 10.8. The molecule has 0 aliphatic rings. The molecule has 0 unspecified atom stereocenters. The Morgan fingerprint density at radius 2 is 1.46 bits per heavy atom. The van der Waals surface area contributed by atoms with Crippen molar-refractivity contribution < 1.29 is 0 Å². The predicted molar refractivity (Wildman–Crippen MR) is 60.4 cm³/mol. The van der Waals surface area contributed by atoms with Crippen LogP contribution in [0, 0.1) is 5.41 Å². The number of rotatable bonds is 2. The molecule has 0 bridgehead atoms. The monoisotopic (exact) mass is 181 g/mol. The quantitative estimate of drug-likeness (QED) is 0.626. The van der Waals surface area contributed by atoms with Crippen molar-refractivity contribution in [2.75, 3.05) is 7.05 Å². The lowest BCUT2D eigenvalue weighted by molar-refractivity contribution is 0.359. The van der Waals surface area contributed by atoms with Crippen LogP contribution in [0.25, 0.3) is 0 Å². The molecule has 0 spiro atoms. The van der Waals surface area contributed by atoms with Gasteiger partial charge in [-0.3, -0.25) is 0 Å². The second kappa shape index (κ2) is 3.99. The second-order valence-corrected chi connectivity index (χ2v) is 4.84. The highest BCUT2D eigenvalue weighted by Crippen LogP contribution is 2.28. The Kier molecular flexibility index (Phi) is 3.77. The summed E-state index contributed by atoms with van der Waals surface area (Å²) in [7, 11) is 2.08. The summed E-state index contributed by atoms with van der Waals surface area (Å²) >= 11 is 0. The summed E-state index contributed by atoms with van der Waals surface area (Å²) in [4.78, 5) is 2.18. The minimum absolute atomic E-state index is 0.144. The molecule has 13 heavy (non-hydrogen) atoms. The van der Waals surface area contributed by atoms with Crippen molar-refractivity contribution in [1.29, 1.82) is 0 Å². The average Bonchev–Trinajstić information content (AvgIpc) is 1.98. The number of hydrogen-bond acceptors (Lipinski definition) is 1. The molecule has 0 amide bonds. The van der Waals surface area contributed by atoms with Crippen molar-refractivity contribution in [3.05, 3.63) is 23.5 Å². The summed E-state index contributed by atoms with van der Waals surface area (Å²) in [6.07, 6.45) is 0. The van der Waals surface area contributed by atoms with Crippen LogP contribution < -0.4 is 0 Å². The van der Waals surface area contributed by atoms with Crippen LogP contribution in [-0.4, -0.2) is 11.9 Å². The van der Waals surface area contributed by atoms with Crippen molar-refractivity contribution in [1.82, 2.24) is 4.90 Å². The Hall–Kier alpha value is -0.720. The zero-order valence-electron chi connectivity index (χ0n) is 10.2. The van der Waals surface area contributed by atoms with Gasteiger partial charge in [-0.15, -0.1) is 0 Å². The van der Waals surface area contributed by atoms with Crippen LogP contribution in [0.15, 0.2) is 23.5 Å². The molecule has 0 saturated heterocycles. The SMILES string of the molecule is C=C(N(C)C(C)=C(C)C)C(C)(C)C. The molecule has 0 atom stereocenters. The minimum atomic E-state index is 0.144. The van der Waals surface area contributed by atoms with Gasteiger partial charge in [0.1, 0.15) is 0 Å². The van der Waals surface area contributed by atoms with E-state index in [9.17, 15) is 0 Å². The first kappa shape index (κ1) is 12.3. The van der Waals surface area contributed by atoms with E-state index in [0.29, 0.717) is 0 Å². The van der Waals surface area contributed by atoms with Gasteiger partial charge in [0.2, 0.25) is 0 Å². The van der Waals surface area contributed by atoms with Crippen molar-refractivity contribution in [3.8, 4) is 0 Å². The fourth-order valence-electron chi connectivity index (χ4n) is 1.04. The van der Waals surface area contributed by atoms with Crippen LogP contribution >= 0.6 is 0 Å². The van der Waals surface area contributed by atoms with Gasteiger partial charge in [0, 0.05) is 23.9 Å². The van der Waals surface area contributed by atoms with Gasteiger partial charge in [0.25, 0.3) is 0 Å². The maximum absolute atomic E-state index is 4.12. The third-order valence-electron chi connectivity index (χ3n) is 2.50. The summed E-state index contributed by atoms with van der Waals surface area (Å²) in [5.41, 5.74) is 3.94. The Morgan fingerprint density at radius 3 is 1.69 bits per heavy atom. The number of allylic oxidation sites excluding steroid dienone is 3. The van der Waals surface area contributed by atoms with Gasteiger partial charge in [0.15, 0.2) is 0 Å². The van der Waals surface area contributed by atoms with Crippen LogP contribution in [0.2, 0.25) is 0 Å². The van der Waals surface area contributed by atoms with E-state index >= 15 is 0 Å². The minimum Gasteiger partial charge on any atom is -0.352 e. The summed E-state index contributed by atoms with van der Waals surface area (Å²) in [5.74, 6) is 0. The lowest BCUT2D eigenvalue weighted by atomic mass is 9.91. The topological polar surface area (TPSA) is 3.24 Å². The van der Waals surface area contributed by atoms with E-state index in [4.69, 9.17) is 0 Å². The van der Waals surface area contributed by atoms with Gasteiger partial charge in [-0.2, -0.15) is 0 Å². The van der Waals surface area contributed by atoms with E-state index in [1.54, 1.807) is 0 Å². The molecule has 1 heteroatoms. The van der Waals surface area contributed by atoms with E-state index in [-0.39, 0.29) is 5.41 Å². The third kappa shape index (κ3) is 3.25. The van der Waals surface area contributed by atoms with Gasteiger partial charge in [-0.05, 0) is 20.8 Å². The highest BCUT2D eigenvalue weighted by atomic mass is 15.1. The normalized spacial score (nSPS) is 11.0. The van der Waals surface area contributed by atoms with Crippen LogP contribution in [0.5, 0.6) is 0 Å². The first-order valence-electron chi connectivity index (χ1n) is 4.75. The molecule has 0 aliphatic heterocycles. The Bertz CT molecular complexity index is 224. The highest BCUT2D eigenvalue weighted by molar-refractivity contribution is 5.15. The standard InChI is InChI=1S/C12H23N/c1-9(2)10(3)13(8)11(4)12(5,6)7/h4H2,1-3,5-8H3. The molecule has 0 aromatic carbocycles.